The molecule has 8 nitrogen and oxygen atoms in total. The molecule has 0 unspecified atom stereocenters. The van der Waals surface area contributed by atoms with E-state index in [1.165, 1.54) is 11.1 Å². The van der Waals surface area contributed by atoms with Gasteiger partial charge in [0.05, 0.1) is 7.11 Å². The summed E-state index contributed by atoms with van der Waals surface area (Å²) in [5, 5.41) is 8.96. The van der Waals surface area contributed by atoms with Gasteiger partial charge in [0.25, 0.3) is 5.91 Å². The van der Waals surface area contributed by atoms with Crippen molar-refractivity contribution in [3.8, 4) is 5.75 Å². The third kappa shape index (κ3) is 6.50. The summed E-state index contributed by atoms with van der Waals surface area (Å²) < 4.78 is 10.6. The Bertz CT molecular complexity index is 1210. The summed E-state index contributed by atoms with van der Waals surface area (Å²) in [7, 11) is 1.60. The van der Waals surface area contributed by atoms with E-state index in [1.54, 1.807) is 40.0 Å². The molecule has 1 aliphatic carbocycles. The molecule has 2 amide bonds. The third-order valence-electron chi connectivity index (χ3n) is 5.43. The number of aromatic nitrogens is 1. The van der Waals surface area contributed by atoms with E-state index in [0.29, 0.717) is 11.4 Å². The number of methoxy groups -OCH3 is 1. The number of hydrogen-bond donors (Lipinski definition) is 3. The summed E-state index contributed by atoms with van der Waals surface area (Å²) >= 11 is 0. The fourth-order valence-corrected chi connectivity index (χ4v) is 3.98. The Labute approximate surface area is 205 Å². The van der Waals surface area contributed by atoms with Crippen LogP contribution < -0.4 is 20.7 Å². The van der Waals surface area contributed by atoms with Crippen molar-refractivity contribution in [3.63, 3.8) is 0 Å². The van der Waals surface area contributed by atoms with Gasteiger partial charge in [0.2, 0.25) is 0 Å². The van der Waals surface area contributed by atoms with E-state index in [9.17, 15) is 9.59 Å². The maximum atomic E-state index is 13.2. The Kier molecular flexibility index (Phi) is 6.91. The third-order valence-corrected chi connectivity index (χ3v) is 5.43. The molecule has 1 aliphatic rings. The number of hydrogen-bond acceptors (Lipinski definition) is 6. The van der Waals surface area contributed by atoms with Gasteiger partial charge < -0.3 is 20.1 Å². The standard InChI is InChI=1S/C27H30N4O4/c1-27(2,3)35-26(33)31-24-16-21(28-19-10-7-11-22(14-19)34-4)15-23(30-24)25(32)29-20-12-17-8-5-6-9-18(17)13-20/h5-11,14-16,20H,12-13H2,1-4H3,(H,29,32)(H2,28,30,31,33). The van der Waals surface area contributed by atoms with Gasteiger partial charge >= 0.3 is 6.09 Å². The zero-order valence-corrected chi connectivity index (χ0v) is 20.3. The quantitative estimate of drug-likeness (QED) is 0.461. The molecule has 0 bridgehead atoms. The van der Waals surface area contributed by atoms with E-state index in [2.05, 4.69) is 33.1 Å². The zero-order valence-electron chi connectivity index (χ0n) is 20.3. The Morgan fingerprint density at radius 1 is 0.943 bits per heavy atom. The number of fused-ring (bicyclic) bond motifs is 1. The van der Waals surface area contributed by atoms with Crippen molar-refractivity contribution in [2.45, 2.75) is 45.3 Å². The molecule has 0 saturated carbocycles. The molecule has 182 valence electrons. The molecule has 0 spiro atoms. The normalized spacial score (nSPS) is 13.0. The summed E-state index contributed by atoms with van der Waals surface area (Å²) in [6, 6.07) is 18.9. The lowest BCUT2D eigenvalue weighted by molar-refractivity contribution is 0.0634. The van der Waals surface area contributed by atoms with Crippen molar-refractivity contribution in [1.82, 2.24) is 10.3 Å². The van der Waals surface area contributed by atoms with Crippen LogP contribution in [0.4, 0.5) is 22.0 Å². The molecule has 1 aromatic heterocycles. The van der Waals surface area contributed by atoms with E-state index in [4.69, 9.17) is 9.47 Å². The van der Waals surface area contributed by atoms with Crippen molar-refractivity contribution in [3.05, 3.63) is 77.5 Å². The highest BCUT2D eigenvalue weighted by Crippen LogP contribution is 2.25. The second kappa shape index (κ2) is 10.0. The number of nitrogens with one attached hydrogen (secondary N) is 3. The number of ether oxygens (including phenoxy) is 2. The molecule has 0 aliphatic heterocycles. The summed E-state index contributed by atoms with van der Waals surface area (Å²) in [5.41, 5.74) is 3.34. The molecule has 0 radical (unpaired) electrons. The second-order valence-electron chi connectivity index (χ2n) is 9.46. The van der Waals surface area contributed by atoms with Gasteiger partial charge in [-0.3, -0.25) is 10.1 Å². The Morgan fingerprint density at radius 2 is 1.66 bits per heavy atom. The molecule has 3 N–H and O–H groups in total. The second-order valence-corrected chi connectivity index (χ2v) is 9.46. The van der Waals surface area contributed by atoms with Crippen molar-refractivity contribution in [2.24, 2.45) is 0 Å². The van der Waals surface area contributed by atoms with Gasteiger partial charge in [-0.05, 0) is 62.9 Å². The first-order chi connectivity index (χ1) is 16.7. The van der Waals surface area contributed by atoms with E-state index in [1.807, 2.05) is 36.4 Å². The predicted molar refractivity (Wildman–Crippen MR) is 135 cm³/mol. The summed E-state index contributed by atoms with van der Waals surface area (Å²) in [4.78, 5) is 29.9. The lowest BCUT2D eigenvalue weighted by Crippen LogP contribution is -2.36. The van der Waals surface area contributed by atoms with Gasteiger partial charge in [0.1, 0.15) is 22.9 Å². The molecule has 1 heterocycles. The first kappa shape index (κ1) is 24.1. The van der Waals surface area contributed by atoms with Crippen LogP contribution in [-0.2, 0) is 17.6 Å². The predicted octanol–water partition coefficient (Wildman–Crippen LogP) is 5.08. The highest BCUT2D eigenvalue weighted by atomic mass is 16.6. The zero-order chi connectivity index (χ0) is 25.0. The van der Waals surface area contributed by atoms with Crippen LogP contribution in [0.5, 0.6) is 5.75 Å². The molecule has 0 saturated heterocycles. The number of amides is 2. The van der Waals surface area contributed by atoms with Gasteiger partial charge in [-0.25, -0.2) is 9.78 Å². The minimum Gasteiger partial charge on any atom is -0.497 e. The molecule has 8 heteroatoms. The minimum atomic E-state index is -0.668. The summed E-state index contributed by atoms with van der Waals surface area (Å²) in [6.07, 6.45) is 0.889. The maximum absolute atomic E-state index is 13.2. The Balaban J connectivity index is 1.56. The van der Waals surface area contributed by atoms with Gasteiger partial charge in [-0.2, -0.15) is 0 Å². The van der Waals surface area contributed by atoms with E-state index in [0.717, 1.165) is 18.5 Å². The van der Waals surface area contributed by atoms with Crippen molar-refractivity contribution in [2.75, 3.05) is 17.7 Å². The van der Waals surface area contributed by atoms with Crippen molar-refractivity contribution in [1.29, 1.82) is 0 Å². The monoisotopic (exact) mass is 474 g/mol. The fourth-order valence-electron chi connectivity index (χ4n) is 3.98. The van der Waals surface area contributed by atoms with Crippen LogP contribution in [0, 0.1) is 0 Å². The number of rotatable bonds is 6. The lowest BCUT2D eigenvalue weighted by Gasteiger charge is -2.20. The number of benzene rings is 2. The summed E-state index contributed by atoms with van der Waals surface area (Å²) in [6.45, 7) is 5.33. The van der Waals surface area contributed by atoms with Crippen LogP contribution in [0.25, 0.3) is 0 Å². The van der Waals surface area contributed by atoms with Crippen LogP contribution in [0.15, 0.2) is 60.7 Å². The van der Waals surface area contributed by atoms with Crippen molar-refractivity contribution >= 4 is 29.2 Å². The highest BCUT2D eigenvalue weighted by Gasteiger charge is 2.24. The van der Waals surface area contributed by atoms with E-state index >= 15 is 0 Å². The van der Waals surface area contributed by atoms with Crippen LogP contribution in [0.2, 0.25) is 0 Å². The van der Waals surface area contributed by atoms with Crippen molar-refractivity contribution < 1.29 is 19.1 Å². The molecule has 0 fully saturated rings. The minimum absolute atomic E-state index is 0.0148. The molecule has 4 rings (SSSR count). The largest absolute Gasteiger partial charge is 0.497 e. The van der Waals surface area contributed by atoms with Crippen LogP contribution in [0.3, 0.4) is 0 Å². The molecule has 35 heavy (non-hydrogen) atoms. The average Bonchev–Trinajstić information content (AvgIpc) is 3.20. The molecular formula is C27H30N4O4. The number of pyridine rings is 1. The summed E-state index contributed by atoms with van der Waals surface area (Å²) in [5.74, 6) is 0.575. The van der Waals surface area contributed by atoms with Gasteiger partial charge in [0.15, 0.2) is 0 Å². The topological polar surface area (TPSA) is 102 Å². The number of carbonyl (C=O) groups is 2. The van der Waals surface area contributed by atoms with Gasteiger partial charge in [-0.1, -0.05) is 30.3 Å². The average molecular weight is 475 g/mol. The molecular weight excluding hydrogens is 444 g/mol. The number of anilines is 3. The molecule has 2 aromatic carbocycles. The van der Waals surface area contributed by atoms with Crippen LogP contribution in [-0.4, -0.2) is 35.7 Å². The smallest absolute Gasteiger partial charge is 0.413 e. The van der Waals surface area contributed by atoms with E-state index < -0.39 is 11.7 Å². The van der Waals surface area contributed by atoms with Gasteiger partial charge in [-0.15, -0.1) is 0 Å². The lowest BCUT2D eigenvalue weighted by atomic mass is 10.1. The number of nitrogens with zero attached hydrogens (tertiary/aromatic N) is 1. The first-order valence-electron chi connectivity index (χ1n) is 11.5. The van der Waals surface area contributed by atoms with Crippen LogP contribution >= 0.6 is 0 Å². The first-order valence-corrected chi connectivity index (χ1v) is 11.5. The molecule has 3 aromatic rings. The van der Waals surface area contributed by atoms with Gasteiger partial charge in [0, 0.05) is 29.5 Å². The molecule has 0 atom stereocenters. The van der Waals surface area contributed by atoms with Crippen LogP contribution in [0.1, 0.15) is 42.4 Å². The highest BCUT2D eigenvalue weighted by molar-refractivity contribution is 5.95. The fraction of sp³-hybridized carbons (Fsp3) is 0.296. The SMILES string of the molecule is COc1cccc(Nc2cc(NC(=O)OC(C)(C)C)nc(C(=O)NC3Cc4ccccc4C3)c2)c1. The van der Waals surface area contributed by atoms with E-state index in [-0.39, 0.29) is 23.5 Å². The Morgan fingerprint density at radius 3 is 2.31 bits per heavy atom. The maximum Gasteiger partial charge on any atom is 0.413 e. The Hall–Kier alpha value is -4.07. The number of carbonyl (C=O) groups excluding carboxylic acids is 2.